The summed E-state index contributed by atoms with van der Waals surface area (Å²) in [5, 5.41) is 0. The lowest BCUT2D eigenvalue weighted by atomic mass is 10.2. The largest absolute Gasteiger partial charge is 0.421 e. The van der Waals surface area contributed by atoms with Crippen molar-refractivity contribution >= 4 is 9.76 Å². The first-order chi connectivity index (χ1) is 5.43. The van der Waals surface area contributed by atoms with E-state index in [1.807, 2.05) is 0 Å². The molecule has 66 valence electrons. The van der Waals surface area contributed by atoms with Crippen LogP contribution in [-0.2, 0) is 9.16 Å². The fourth-order valence-electron chi connectivity index (χ4n) is 1.30. The molecule has 0 bridgehead atoms. The molecule has 0 aliphatic carbocycles. The molecule has 0 amide bonds. The maximum Gasteiger partial charge on any atom is 0.190 e. The third kappa shape index (κ3) is 3.89. The van der Waals surface area contributed by atoms with Gasteiger partial charge in [-0.15, -0.1) is 0 Å². The van der Waals surface area contributed by atoms with Crippen molar-refractivity contribution in [3.63, 3.8) is 0 Å². The summed E-state index contributed by atoms with van der Waals surface area (Å²) >= 11 is 0. The topological polar surface area (TPSA) is 18.5 Å². The van der Waals surface area contributed by atoms with E-state index in [2.05, 4.69) is 6.92 Å². The Morgan fingerprint density at radius 2 is 2.45 bits per heavy atom. The Labute approximate surface area is 71.2 Å². The normalized spacial score (nSPS) is 26.5. The number of rotatable bonds is 4. The van der Waals surface area contributed by atoms with Crippen LogP contribution in [0.25, 0.3) is 0 Å². The first-order valence-corrected chi connectivity index (χ1v) is 6.02. The highest BCUT2D eigenvalue weighted by molar-refractivity contribution is 6.29. The van der Waals surface area contributed by atoms with Gasteiger partial charge in [0, 0.05) is 13.2 Å². The van der Waals surface area contributed by atoms with Gasteiger partial charge >= 0.3 is 0 Å². The number of hydrogen-bond acceptors (Lipinski definition) is 2. The van der Waals surface area contributed by atoms with Crippen LogP contribution < -0.4 is 0 Å². The Morgan fingerprint density at radius 3 is 3.09 bits per heavy atom. The molecular formula is C8H18O2Si. The van der Waals surface area contributed by atoms with E-state index in [1.54, 1.807) is 0 Å². The van der Waals surface area contributed by atoms with Gasteiger partial charge < -0.3 is 9.16 Å². The summed E-state index contributed by atoms with van der Waals surface area (Å²) in [6.45, 7) is 4.05. The van der Waals surface area contributed by atoms with E-state index in [0.29, 0.717) is 5.73 Å². The minimum Gasteiger partial charge on any atom is -0.421 e. The van der Waals surface area contributed by atoms with Crippen LogP contribution in [-0.4, -0.2) is 28.7 Å². The van der Waals surface area contributed by atoms with Crippen LogP contribution >= 0.6 is 0 Å². The molecule has 1 atom stereocenters. The van der Waals surface area contributed by atoms with Crippen LogP contribution in [0.1, 0.15) is 32.6 Å². The van der Waals surface area contributed by atoms with Crippen molar-refractivity contribution in [1.82, 2.24) is 0 Å². The second-order valence-electron chi connectivity index (χ2n) is 3.06. The summed E-state index contributed by atoms with van der Waals surface area (Å²) in [4.78, 5) is 0. The van der Waals surface area contributed by atoms with E-state index in [0.717, 1.165) is 19.6 Å². The third-order valence-electron chi connectivity index (χ3n) is 1.93. The molecule has 1 heterocycles. The van der Waals surface area contributed by atoms with Crippen LogP contribution in [0.4, 0.5) is 0 Å². The molecule has 0 aromatic carbocycles. The van der Waals surface area contributed by atoms with Crippen LogP contribution in [0.5, 0.6) is 0 Å². The molecular weight excluding hydrogens is 156 g/mol. The summed E-state index contributed by atoms with van der Waals surface area (Å²) in [6, 6.07) is 0. The molecule has 0 aromatic heterocycles. The molecule has 1 unspecified atom stereocenters. The van der Waals surface area contributed by atoms with Crippen molar-refractivity contribution in [2.45, 2.75) is 38.3 Å². The molecule has 2 nitrogen and oxygen atoms in total. The second kappa shape index (κ2) is 5.74. The molecule has 0 saturated carbocycles. The molecule has 3 heteroatoms. The number of hydrogen-bond donors (Lipinski definition) is 0. The zero-order valence-corrected chi connectivity index (χ0v) is 8.76. The second-order valence-corrected chi connectivity index (χ2v) is 4.72. The minimum absolute atomic E-state index is 0.368. The van der Waals surface area contributed by atoms with Gasteiger partial charge in [-0.1, -0.05) is 6.92 Å². The van der Waals surface area contributed by atoms with E-state index in [1.165, 1.54) is 19.3 Å². The molecule has 1 saturated heterocycles. The predicted molar refractivity (Wildman–Crippen MR) is 48.4 cm³/mol. The lowest BCUT2D eigenvalue weighted by Crippen LogP contribution is -2.27. The summed E-state index contributed by atoms with van der Waals surface area (Å²) in [7, 11) is -0.368. The molecule has 0 radical (unpaired) electrons. The quantitative estimate of drug-likeness (QED) is 0.468. The molecule has 0 spiro atoms. The lowest BCUT2D eigenvalue weighted by molar-refractivity contribution is 0.0551. The van der Waals surface area contributed by atoms with E-state index in [-0.39, 0.29) is 9.76 Å². The third-order valence-corrected chi connectivity index (χ3v) is 3.47. The highest BCUT2D eigenvalue weighted by atomic mass is 28.2. The van der Waals surface area contributed by atoms with Crippen LogP contribution in [0.3, 0.4) is 0 Å². The molecule has 1 fully saturated rings. The molecule has 11 heavy (non-hydrogen) atoms. The smallest absolute Gasteiger partial charge is 0.190 e. The van der Waals surface area contributed by atoms with Gasteiger partial charge in [0.15, 0.2) is 9.76 Å². The summed E-state index contributed by atoms with van der Waals surface area (Å²) in [5.74, 6) is 0. The average molecular weight is 174 g/mol. The predicted octanol–water partition coefficient (Wildman–Crippen LogP) is 1.02. The minimum atomic E-state index is -0.368. The first kappa shape index (κ1) is 9.23. The molecule has 1 aliphatic rings. The lowest BCUT2D eigenvalue weighted by Gasteiger charge is -2.21. The Hall–Kier alpha value is 0.137. The summed E-state index contributed by atoms with van der Waals surface area (Å²) in [5.41, 5.74) is 0.523. The van der Waals surface area contributed by atoms with E-state index >= 15 is 0 Å². The Kier molecular flexibility index (Phi) is 4.82. The average Bonchev–Trinajstić information content (AvgIpc) is 2.07. The van der Waals surface area contributed by atoms with Gasteiger partial charge in [-0.2, -0.15) is 0 Å². The Morgan fingerprint density at radius 1 is 1.55 bits per heavy atom. The van der Waals surface area contributed by atoms with E-state index in [4.69, 9.17) is 9.16 Å². The van der Waals surface area contributed by atoms with Gasteiger partial charge in [0.25, 0.3) is 0 Å². The van der Waals surface area contributed by atoms with Gasteiger partial charge in [-0.05, 0) is 25.7 Å². The van der Waals surface area contributed by atoms with Crippen molar-refractivity contribution in [1.29, 1.82) is 0 Å². The van der Waals surface area contributed by atoms with Gasteiger partial charge in [-0.3, -0.25) is 0 Å². The van der Waals surface area contributed by atoms with Crippen molar-refractivity contribution in [3.8, 4) is 0 Å². The first-order valence-electron chi connectivity index (χ1n) is 4.63. The highest BCUT2D eigenvalue weighted by Crippen LogP contribution is 2.11. The fraction of sp³-hybridized carbons (Fsp3) is 1.00. The van der Waals surface area contributed by atoms with Crippen molar-refractivity contribution in [3.05, 3.63) is 0 Å². The van der Waals surface area contributed by atoms with Gasteiger partial charge in [0.05, 0.1) is 5.73 Å². The zero-order chi connectivity index (χ0) is 7.94. The van der Waals surface area contributed by atoms with Crippen molar-refractivity contribution in [2.24, 2.45) is 0 Å². The van der Waals surface area contributed by atoms with Crippen LogP contribution in [0, 0.1) is 0 Å². The van der Waals surface area contributed by atoms with Crippen LogP contribution in [0.2, 0.25) is 0 Å². The summed E-state index contributed by atoms with van der Waals surface area (Å²) < 4.78 is 11.1. The van der Waals surface area contributed by atoms with Gasteiger partial charge in [0.1, 0.15) is 0 Å². The maximum absolute atomic E-state index is 5.56. The Bertz CT molecular complexity index is 92.1. The Balaban J connectivity index is 1.96. The van der Waals surface area contributed by atoms with E-state index < -0.39 is 0 Å². The van der Waals surface area contributed by atoms with Crippen molar-refractivity contribution in [2.75, 3.05) is 13.2 Å². The molecule has 1 rings (SSSR count). The van der Waals surface area contributed by atoms with Crippen molar-refractivity contribution < 1.29 is 9.16 Å². The molecule has 0 N–H and O–H groups in total. The maximum atomic E-state index is 5.56. The van der Waals surface area contributed by atoms with Gasteiger partial charge in [-0.25, -0.2) is 0 Å². The number of ether oxygens (including phenoxy) is 1. The summed E-state index contributed by atoms with van der Waals surface area (Å²) in [6.07, 6.45) is 4.97. The standard InChI is InChI=1S/C8H18O2Si/c1-2-6-10-11-8-5-3-4-7-9-8/h8H,2-7,11H2,1H3. The fourth-order valence-corrected chi connectivity index (χ4v) is 2.73. The SMILES string of the molecule is CCCO[SiH2]C1CCCCO1. The van der Waals surface area contributed by atoms with E-state index in [9.17, 15) is 0 Å². The highest BCUT2D eigenvalue weighted by Gasteiger charge is 2.13. The zero-order valence-electron chi connectivity index (χ0n) is 7.34. The molecule has 0 aromatic rings. The molecule has 1 aliphatic heterocycles. The van der Waals surface area contributed by atoms with Gasteiger partial charge in [0.2, 0.25) is 0 Å². The monoisotopic (exact) mass is 174 g/mol. The van der Waals surface area contributed by atoms with Crippen LogP contribution in [0.15, 0.2) is 0 Å².